The van der Waals surface area contributed by atoms with Gasteiger partial charge in [0, 0.05) is 19.2 Å². The lowest BCUT2D eigenvalue weighted by Gasteiger charge is -2.16. The number of hydrogen-bond acceptors (Lipinski definition) is 5. The highest BCUT2D eigenvalue weighted by Gasteiger charge is 2.37. The minimum atomic E-state index is -4.21. The van der Waals surface area contributed by atoms with Gasteiger partial charge < -0.3 is 5.11 Å². The summed E-state index contributed by atoms with van der Waals surface area (Å²) in [5, 5.41) is 19.4. The van der Waals surface area contributed by atoms with E-state index in [0.29, 0.717) is 6.07 Å². The Bertz CT molecular complexity index is 705. The molecule has 1 N–H and O–H groups in total. The molecule has 1 unspecified atom stereocenters. The Balaban J connectivity index is 2.33. The molecular weight excluding hydrogens is 307 g/mol. The Morgan fingerprint density at radius 2 is 2.14 bits per heavy atom. The number of nitrogens with zero attached hydrogens (tertiary/aromatic N) is 2. The van der Waals surface area contributed by atoms with Crippen LogP contribution in [0.1, 0.15) is 6.42 Å². The summed E-state index contributed by atoms with van der Waals surface area (Å²) in [6, 6.07) is 2.23. The monoisotopic (exact) mass is 318 g/mol. The lowest BCUT2D eigenvalue weighted by Crippen LogP contribution is -2.30. The van der Waals surface area contributed by atoms with Gasteiger partial charge in [0.2, 0.25) is 10.0 Å². The van der Waals surface area contributed by atoms with Gasteiger partial charge in [-0.2, -0.15) is 4.31 Å². The molecule has 114 valence electrons. The molecule has 1 aromatic carbocycles. The molecule has 2 rings (SSSR count). The van der Waals surface area contributed by atoms with Gasteiger partial charge in [-0.1, -0.05) is 0 Å². The van der Waals surface area contributed by atoms with E-state index in [1.807, 2.05) is 0 Å². The second-order valence-corrected chi connectivity index (χ2v) is 6.47. The number of carboxylic acid groups (broad SMARTS) is 1. The highest BCUT2D eigenvalue weighted by Crippen LogP contribution is 2.27. The normalized spacial score (nSPS) is 19.6. The summed E-state index contributed by atoms with van der Waals surface area (Å²) in [5.74, 6) is -3.18. The zero-order valence-corrected chi connectivity index (χ0v) is 11.4. The number of rotatable bonds is 4. The molecule has 21 heavy (non-hydrogen) atoms. The average Bonchev–Trinajstić information content (AvgIpc) is 2.88. The van der Waals surface area contributed by atoms with Crippen LogP contribution >= 0.6 is 0 Å². The van der Waals surface area contributed by atoms with Crippen LogP contribution in [-0.4, -0.2) is 41.8 Å². The van der Waals surface area contributed by atoms with Crippen LogP contribution in [0.4, 0.5) is 10.1 Å². The number of nitro benzene ring substituents is 1. The van der Waals surface area contributed by atoms with E-state index in [0.717, 1.165) is 16.4 Å². The molecule has 0 bridgehead atoms. The van der Waals surface area contributed by atoms with Crippen LogP contribution in [-0.2, 0) is 14.8 Å². The molecule has 0 amide bonds. The average molecular weight is 318 g/mol. The summed E-state index contributed by atoms with van der Waals surface area (Å²) in [4.78, 5) is 19.8. The molecule has 1 saturated heterocycles. The molecule has 0 spiro atoms. The zero-order valence-electron chi connectivity index (χ0n) is 10.6. The number of halogens is 1. The summed E-state index contributed by atoms with van der Waals surface area (Å²) >= 11 is 0. The van der Waals surface area contributed by atoms with Gasteiger partial charge in [0.25, 0.3) is 5.69 Å². The van der Waals surface area contributed by atoms with E-state index in [1.54, 1.807) is 0 Å². The summed E-state index contributed by atoms with van der Waals surface area (Å²) in [6.45, 7) is -0.274. The quantitative estimate of drug-likeness (QED) is 0.649. The van der Waals surface area contributed by atoms with Crippen molar-refractivity contribution in [3.63, 3.8) is 0 Å². The first kappa shape index (κ1) is 15.3. The van der Waals surface area contributed by atoms with Crippen molar-refractivity contribution in [1.82, 2.24) is 4.31 Å². The predicted octanol–water partition coefficient (Wildman–Crippen LogP) is 0.829. The van der Waals surface area contributed by atoms with Crippen LogP contribution in [0.2, 0.25) is 0 Å². The van der Waals surface area contributed by atoms with Crippen LogP contribution in [0.5, 0.6) is 0 Å². The third kappa shape index (κ3) is 2.85. The van der Waals surface area contributed by atoms with E-state index in [2.05, 4.69) is 0 Å². The second kappa shape index (κ2) is 5.37. The molecule has 0 radical (unpaired) electrons. The van der Waals surface area contributed by atoms with Gasteiger partial charge >= 0.3 is 5.97 Å². The largest absolute Gasteiger partial charge is 0.481 e. The predicted molar refractivity (Wildman–Crippen MR) is 67.6 cm³/mol. The lowest BCUT2D eigenvalue weighted by atomic mass is 10.1. The molecule has 10 heteroatoms. The number of benzene rings is 1. The van der Waals surface area contributed by atoms with E-state index in [1.165, 1.54) is 0 Å². The Hall–Kier alpha value is -2.07. The molecule has 0 aliphatic carbocycles. The van der Waals surface area contributed by atoms with E-state index in [4.69, 9.17) is 5.11 Å². The number of nitro groups is 1. The molecule has 1 aliphatic heterocycles. The molecule has 1 heterocycles. The topological polar surface area (TPSA) is 118 Å². The fourth-order valence-electron chi connectivity index (χ4n) is 2.10. The van der Waals surface area contributed by atoms with Crippen LogP contribution < -0.4 is 0 Å². The fourth-order valence-corrected chi connectivity index (χ4v) is 3.65. The Kier molecular flexibility index (Phi) is 3.92. The van der Waals surface area contributed by atoms with Crippen LogP contribution in [0.3, 0.4) is 0 Å². The van der Waals surface area contributed by atoms with Crippen LogP contribution in [0.25, 0.3) is 0 Å². The maximum atomic E-state index is 13.8. The van der Waals surface area contributed by atoms with Crippen LogP contribution in [0, 0.1) is 21.8 Å². The van der Waals surface area contributed by atoms with Gasteiger partial charge in [-0.25, -0.2) is 12.8 Å². The third-order valence-corrected chi connectivity index (χ3v) is 5.14. The first-order valence-electron chi connectivity index (χ1n) is 5.90. The van der Waals surface area contributed by atoms with Crippen molar-refractivity contribution in [2.75, 3.05) is 13.1 Å². The third-order valence-electron chi connectivity index (χ3n) is 3.24. The van der Waals surface area contributed by atoms with Crippen molar-refractivity contribution < 1.29 is 27.6 Å². The van der Waals surface area contributed by atoms with Gasteiger partial charge in [0.05, 0.1) is 16.9 Å². The second-order valence-electron chi connectivity index (χ2n) is 4.56. The van der Waals surface area contributed by atoms with Gasteiger partial charge in [0.1, 0.15) is 10.7 Å². The van der Waals surface area contributed by atoms with E-state index < -0.39 is 43.2 Å². The molecule has 1 aromatic rings. The summed E-state index contributed by atoms with van der Waals surface area (Å²) in [6.07, 6.45) is 0.142. The first-order valence-corrected chi connectivity index (χ1v) is 7.34. The minimum Gasteiger partial charge on any atom is -0.481 e. The maximum absolute atomic E-state index is 13.8. The Morgan fingerprint density at radius 3 is 2.62 bits per heavy atom. The summed E-state index contributed by atoms with van der Waals surface area (Å²) in [7, 11) is -4.21. The number of aliphatic carboxylic acids is 1. The van der Waals surface area contributed by atoms with E-state index in [-0.39, 0.29) is 19.5 Å². The van der Waals surface area contributed by atoms with Crippen molar-refractivity contribution in [2.45, 2.75) is 11.3 Å². The van der Waals surface area contributed by atoms with Crippen molar-refractivity contribution in [3.8, 4) is 0 Å². The van der Waals surface area contributed by atoms with Gasteiger partial charge in [-0.3, -0.25) is 14.9 Å². The number of non-ortho nitro benzene ring substituents is 1. The minimum absolute atomic E-state index is 0.0320. The standard InChI is InChI=1S/C11H11FN2O6S/c12-9-5-8(14(17)18)1-2-10(9)21(19,20)13-4-3-7(6-13)11(15)16/h1-2,5,7H,3-4,6H2,(H,15,16). The van der Waals surface area contributed by atoms with Crippen molar-refractivity contribution in [2.24, 2.45) is 5.92 Å². The van der Waals surface area contributed by atoms with Gasteiger partial charge in [-0.05, 0) is 12.5 Å². The van der Waals surface area contributed by atoms with Crippen molar-refractivity contribution in [3.05, 3.63) is 34.1 Å². The molecule has 1 aliphatic rings. The fraction of sp³-hybridized carbons (Fsp3) is 0.364. The molecule has 8 nitrogen and oxygen atoms in total. The van der Waals surface area contributed by atoms with E-state index >= 15 is 0 Å². The first-order chi connectivity index (χ1) is 9.73. The smallest absolute Gasteiger partial charge is 0.307 e. The van der Waals surface area contributed by atoms with Crippen molar-refractivity contribution in [1.29, 1.82) is 0 Å². The molecule has 1 atom stereocenters. The van der Waals surface area contributed by atoms with E-state index in [9.17, 15) is 27.7 Å². The molecule has 0 saturated carbocycles. The highest BCUT2D eigenvalue weighted by atomic mass is 32.2. The molecular formula is C11H11FN2O6S. The zero-order chi connectivity index (χ0) is 15.8. The molecule has 1 fully saturated rings. The Morgan fingerprint density at radius 1 is 1.48 bits per heavy atom. The highest BCUT2D eigenvalue weighted by molar-refractivity contribution is 7.89. The van der Waals surface area contributed by atoms with Crippen LogP contribution in [0.15, 0.2) is 23.1 Å². The lowest BCUT2D eigenvalue weighted by molar-refractivity contribution is -0.385. The van der Waals surface area contributed by atoms with Crippen molar-refractivity contribution >= 4 is 21.7 Å². The molecule has 0 aromatic heterocycles. The summed E-state index contributed by atoms with van der Waals surface area (Å²) in [5.41, 5.74) is -0.559. The number of carbonyl (C=O) groups is 1. The van der Waals surface area contributed by atoms with Gasteiger partial charge in [0.15, 0.2) is 0 Å². The SMILES string of the molecule is O=C(O)C1CCN(S(=O)(=O)c2ccc([N+](=O)[O-])cc2F)C1. The van der Waals surface area contributed by atoms with Gasteiger partial charge in [-0.15, -0.1) is 0 Å². The summed E-state index contributed by atoms with van der Waals surface area (Å²) < 4.78 is 39.1. The number of hydrogen-bond donors (Lipinski definition) is 1. The number of carboxylic acids is 1. The maximum Gasteiger partial charge on any atom is 0.307 e. The Labute approximate surface area is 119 Å². The number of sulfonamides is 1.